The summed E-state index contributed by atoms with van der Waals surface area (Å²) in [7, 11) is 0. The predicted molar refractivity (Wildman–Crippen MR) is 113 cm³/mol. The third-order valence-corrected chi connectivity index (χ3v) is 6.21. The minimum atomic E-state index is -0.0608. The monoisotopic (exact) mass is 401 g/mol. The molecule has 2 saturated heterocycles. The summed E-state index contributed by atoms with van der Waals surface area (Å²) in [5.41, 5.74) is 7.89. The van der Waals surface area contributed by atoms with E-state index in [0.29, 0.717) is 36.7 Å². The number of pyridine rings is 1. The Labute approximate surface area is 174 Å². The Balaban J connectivity index is 1.42. The second kappa shape index (κ2) is 7.33. The third kappa shape index (κ3) is 3.12. The maximum absolute atomic E-state index is 13.2. The summed E-state index contributed by atoms with van der Waals surface area (Å²) in [6, 6.07) is 17.1. The molecule has 2 fully saturated rings. The lowest BCUT2D eigenvalue weighted by Crippen LogP contribution is -2.37. The molecule has 2 aliphatic heterocycles. The van der Waals surface area contributed by atoms with Crippen LogP contribution < -0.4 is 5.73 Å². The molecule has 3 N–H and O–H groups in total. The Bertz CT molecular complexity index is 1050. The highest BCUT2D eigenvalue weighted by atomic mass is 16.2. The van der Waals surface area contributed by atoms with Crippen LogP contribution in [0.3, 0.4) is 0 Å². The number of likely N-dealkylation sites (tertiary alicyclic amines) is 2. The highest BCUT2D eigenvalue weighted by molar-refractivity contribution is 5.95. The molecule has 2 amide bonds. The molecule has 7 nitrogen and oxygen atoms in total. The quantitative estimate of drug-likeness (QED) is 0.705. The van der Waals surface area contributed by atoms with E-state index in [-0.39, 0.29) is 29.7 Å². The molecule has 7 heteroatoms. The molecule has 0 saturated carbocycles. The first-order valence-corrected chi connectivity index (χ1v) is 10.1. The number of hydrogen-bond donors (Lipinski definition) is 2. The average molecular weight is 401 g/mol. The molecule has 2 aromatic heterocycles. The summed E-state index contributed by atoms with van der Waals surface area (Å²) in [4.78, 5) is 37.1. The van der Waals surface area contributed by atoms with Crippen LogP contribution in [-0.2, 0) is 0 Å². The number of nitrogens with zero attached hydrogens (tertiary/aromatic N) is 3. The summed E-state index contributed by atoms with van der Waals surface area (Å²) in [5.74, 6) is 0.791. The van der Waals surface area contributed by atoms with Gasteiger partial charge in [-0.3, -0.25) is 9.59 Å². The van der Waals surface area contributed by atoms with E-state index in [1.54, 1.807) is 18.3 Å². The van der Waals surface area contributed by atoms with Gasteiger partial charge in [-0.2, -0.15) is 0 Å². The first-order valence-electron chi connectivity index (χ1n) is 10.1. The van der Waals surface area contributed by atoms with Crippen molar-refractivity contribution in [2.24, 2.45) is 11.8 Å². The topological polar surface area (TPSA) is 95.3 Å². The highest BCUT2D eigenvalue weighted by Crippen LogP contribution is 2.45. The fourth-order valence-corrected chi connectivity index (χ4v) is 4.83. The molecular weight excluding hydrogens is 378 g/mol. The van der Waals surface area contributed by atoms with Gasteiger partial charge in [0, 0.05) is 43.9 Å². The Morgan fingerprint density at radius 2 is 1.80 bits per heavy atom. The zero-order chi connectivity index (χ0) is 20.7. The summed E-state index contributed by atoms with van der Waals surface area (Å²) >= 11 is 0. The van der Waals surface area contributed by atoms with Crippen molar-refractivity contribution in [1.82, 2.24) is 19.8 Å². The van der Waals surface area contributed by atoms with Crippen LogP contribution in [0.25, 0.3) is 0 Å². The van der Waals surface area contributed by atoms with Gasteiger partial charge >= 0.3 is 0 Å². The molecule has 0 spiro atoms. The number of nitrogens with two attached hydrogens (primary N) is 1. The summed E-state index contributed by atoms with van der Waals surface area (Å²) in [5, 5.41) is 0. The van der Waals surface area contributed by atoms with E-state index in [9.17, 15) is 9.59 Å². The van der Waals surface area contributed by atoms with E-state index in [4.69, 9.17) is 5.73 Å². The smallest absolute Gasteiger partial charge is 0.270 e. The average Bonchev–Trinajstić information content (AvgIpc) is 3.50. The molecule has 0 unspecified atom stereocenters. The van der Waals surface area contributed by atoms with Gasteiger partial charge in [-0.15, -0.1) is 0 Å². The van der Waals surface area contributed by atoms with Crippen molar-refractivity contribution >= 4 is 17.6 Å². The van der Waals surface area contributed by atoms with E-state index in [0.717, 1.165) is 5.56 Å². The molecule has 30 heavy (non-hydrogen) atoms. The number of carbonyl (C=O) groups is 2. The van der Waals surface area contributed by atoms with Gasteiger partial charge in [0.05, 0.1) is 11.6 Å². The Morgan fingerprint density at radius 1 is 0.967 bits per heavy atom. The van der Waals surface area contributed by atoms with Crippen LogP contribution in [0.5, 0.6) is 0 Å². The van der Waals surface area contributed by atoms with Gasteiger partial charge in [-0.25, -0.2) is 4.98 Å². The predicted octanol–water partition coefficient (Wildman–Crippen LogP) is 2.58. The summed E-state index contributed by atoms with van der Waals surface area (Å²) < 4.78 is 0. The SMILES string of the molecule is Nc1ccc(C(=O)N2C[C@H]3CN(C(=O)c4ccc[nH]4)[C@H](c4ccccc4)[C@H]3C2)cn1. The molecule has 3 aromatic rings. The lowest BCUT2D eigenvalue weighted by Gasteiger charge is -2.29. The molecule has 5 rings (SSSR count). The number of rotatable bonds is 3. The number of hydrogen-bond acceptors (Lipinski definition) is 4. The zero-order valence-electron chi connectivity index (χ0n) is 16.4. The number of amides is 2. The second-order valence-electron chi connectivity index (χ2n) is 8.00. The van der Waals surface area contributed by atoms with Gasteiger partial charge in [0.15, 0.2) is 0 Å². The Morgan fingerprint density at radius 3 is 2.50 bits per heavy atom. The van der Waals surface area contributed by atoms with Crippen LogP contribution in [0.15, 0.2) is 67.0 Å². The van der Waals surface area contributed by atoms with Crippen molar-refractivity contribution in [3.63, 3.8) is 0 Å². The van der Waals surface area contributed by atoms with Crippen LogP contribution in [0.2, 0.25) is 0 Å². The van der Waals surface area contributed by atoms with Crippen LogP contribution in [-0.4, -0.2) is 51.2 Å². The maximum atomic E-state index is 13.2. The van der Waals surface area contributed by atoms with E-state index in [1.807, 2.05) is 40.1 Å². The zero-order valence-corrected chi connectivity index (χ0v) is 16.4. The van der Waals surface area contributed by atoms with Crippen LogP contribution >= 0.6 is 0 Å². The number of benzene rings is 1. The number of nitrogen functional groups attached to an aromatic ring is 1. The molecule has 3 atom stereocenters. The standard InChI is InChI=1S/C23H23N5O2/c24-20-9-8-16(11-26-20)22(29)27-12-17-13-28(23(30)19-7-4-10-25-19)21(18(17)14-27)15-5-2-1-3-6-15/h1-11,17-18,21,25H,12-14H2,(H2,24,26)/t17-,18-,21+/m0/s1. The lowest BCUT2D eigenvalue weighted by atomic mass is 9.89. The summed E-state index contributed by atoms with van der Waals surface area (Å²) in [6.07, 6.45) is 3.30. The van der Waals surface area contributed by atoms with Crippen molar-refractivity contribution in [2.75, 3.05) is 25.4 Å². The number of aromatic nitrogens is 2. The second-order valence-corrected chi connectivity index (χ2v) is 8.00. The van der Waals surface area contributed by atoms with Crippen LogP contribution in [0.4, 0.5) is 5.82 Å². The van der Waals surface area contributed by atoms with Gasteiger partial charge in [-0.05, 0) is 29.8 Å². The van der Waals surface area contributed by atoms with E-state index < -0.39 is 0 Å². The van der Waals surface area contributed by atoms with E-state index >= 15 is 0 Å². The molecular formula is C23H23N5O2. The van der Waals surface area contributed by atoms with Gasteiger partial charge in [0.2, 0.25) is 0 Å². The molecule has 0 aliphatic carbocycles. The van der Waals surface area contributed by atoms with Crippen molar-refractivity contribution in [3.05, 3.63) is 83.8 Å². The Hall–Kier alpha value is -3.61. The third-order valence-electron chi connectivity index (χ3n) is 6.21. The number of nitrogens with one attached hydrogen (secondary N) is 1. The number of carbonyl (C=O) groups excluding carboxylic acids is 2. The van der Waals surface area contributed by atoms with Crippen molar-refractivity contribution in [2.45, 2.75) is 6.04 Å². The molecule has 4 heterocycles. The fourth-order valence-electron chi connectivity index (χ4n) is 4.83. The first kappa shape index (κ1) is 18.4. The van der Waals surface area contributed by atoms with E-state index in [1.165, 1.54) is 6.20 Å². The number of fused-ring (bicyclic) bond motifs is 1. The van der Waals surface area contributed by atoms with Crippen molar-refractivity contribution in [1.29, 1.82) is 0 Å². The van der Waals surface area contributed by atoms with Gasteiger partial charge in [0.25, 0.3) is 11.8 Å². The highest BCUT2D eigenvalue weighted by Gasteiger charge is 2.50. The van der Waals surface area contributed by atoms with Gasteiger partial charge in [0.1, 0.15) is 11.5 Å². The number of aromatic amines is 1. The van der Waals surface area contributed by atoms with Crippen LogP contribution in [0.1, 0.15) is 32.5 Å². The Kier molecular flexibility index (Phi) is 4.50. The fraction of sp³-hybridized carbons (Fsp3) is 0.261. The van der Waals surface area contributed by atoms with Crippen LogP contribution in [0, 0.1) is 11.8 Å². The van der Waals surface area contributed by atoms with E-state index in [2.05, 4.69) is 22.1 Å². The number of anilines is 1. The maximum Gasteiger partial charge on any atom is 0.270 e. The minimum absolute atomic E-state index is 0.00358. The largest absolute Gasteiger partial charge is 0.384 e. The normalized spacial score (nSPS) is 22.9. The van der Waals surface area contributed by atoms with Gasteiger partial charge in [-0.1, -0.05) is 30.3 Å². The molecule has 152 valence electrons. The molecule has 2 aliphatic rings. The first-order chi connectivity index (χ1) is 14.6. The molecule has 0 radical (unpaired) electrons. The number of H-pyrrole nitrogens is 1. The summed E-state index contributed by atoms with van der Waals surface area (Å²) in [6.45, 7) is 1.87. The molecule has 1 aromatic carbocycles. The van der Waals surface area contributed by atoms with Gasteiger partial charge < -0.3 is 20.5 Å². The van der Waals surface area contributed by atoms with Crippen molar-refractivity contribution in [3.8, 4) is 0 Å². The van der Waals surface area contributed by atoms with Crippen molar-refractivity contribution < 1.29 is 9.59 Å². The molecule has 0 bridgehead atoms. The lowest BCUT2D eigenvalue weighted by molar-refractivity contribution is 0.0672. The minimum Gasteiger partial charge on any atom is -0.384 e.